The van der Waals surface area contributed by atoms with Crippen molar-refractivity contribution < 1.29 is 18.3 Å². The summed E-state index contributed by atoms with van der Waals surface area (Å²) < 4.78 is 27.1. The van der Waals surface area contributed by atoms with Gasteiger partial charge in [-0.25, -0.2) is 13.1 Å². The van der Waals surface area contributed by atoms with E-state index in [1.165, 1.54) is 18.5 Å². The average Bonchev–Trinajstić information content (AvgIpc) is 3.05. The normalized spacial score (nSPS) is 19.7. The van der Waals surface area contributed by atoms with E-state index in [-0.39, 0.29) is 30.0 Å². The van der Waals surface area contributed by atoms with Crippen LogP contribution in [-0.2, 0) is 10.0 Å². The molecule has 1 aliphatic rings. The van der Waals surface area contributed by atoms with Crippen LogP contribution in [0.1, 0.15) is 28.9 Å². The zero-order valence-corrected chi connectivity index (χ0v) is 14.8. The number of hydrogen-bond donors (Lipinski definition) is 3. The van der Waals surface area contributed by atoms with E-state index in [9.17, 15) is 18.3 Å². The summed E-state index contributed by atoms with van der Waals surface area (Å²) in [5, 5.41) is 13.3. The first-order valence-electron chi connectivity index (χ1n) is 7.63. The van der Waals surface area contributed by atoms with E-state index >= 15 is 0 Å². The summed E-state index contributed by atoms with van der Waals surface area (Å²) >= 11 is 1.10. The van der Waals surface area contributed by atoms with Crippen molar-refractivity contribution in [2.45, 2.75) is 30.2 Å². The molecule has 0 aromatic carbocycles. The van der Waals surface area contributed by atoms with Crippen LogP contribution in [-0.4, -0.2) is 63.7 Å². The lowest BCUT2D eigenvalue weighted by molar-refractivity contribution is 0.0923. The number of nitrogens with zero attached hydrogens (tertiary/aromatic N) is 1. The van der Waals surface area contributed by atoms with Crippen LogP contribution in [0, 0.1) is 0 Å². The van der Waals surface area contributed by atoms with Gasteiger partial charge in [-0.05, 0) is 25.5 Å². The summed E-state index contributed by atoms with van der Waals surface area (Å²) in [6, 6.07) is 1.50. The van der Waals surface area contributed by atoms with Crippen molar-refractivity contribution in [1.82, 2.24) is 14.9 Å². The van der Waals surface area contributed by atoms with Crippen LogP contribution in [0.2, 0.25) is 0 Å². The van der Waals surface area contributed by atoms with Gasteiger partial charge in [-0.2, -0.15) is 0 Å². The van der Waals surface area contributed by atoms with E-state index in [0.717, 1.165) is 37.1 Å². The first-order chi connectivity index (χ1) is 11.0. The summed E-state index contributed by atoms with van der Waals surface area (Å²) in [5.74, 6) is -0.296. The molecule has 1 aromatic heterocycles. The quantitative estimate of drug-likeness (QED) is 0.646. The Morgan fingerprint density at radius 2 is 2.26 bits per heavy atom. The summed E-state index contributed by atoms with van der Waals surface area (Å²) in [5.41, 5.74) is 0. The number of amides is 1. The van der Waals surface area contributed by atoms with Gasteiger partial charge >= 0.3 is 0 Å². The molecule has 0 radical (unpaired) electrons. The highest BCUT2D eigenvalue weighted by atomic mass is 32.2. The third-order valence-corrected chi connectivity index (χ3v) is 6.51. The van der Waals surface area contributed by atoms with Crippen LogP contribution < -0.4 is 10.0 Å². The molecule has 0 spiro atoms. The maximum Gasteiger partial charge on any atom is 0.261 e. The minimum Gasteiger partial charge on any atom is -0.395 e. The molecule has 1 aromatic rings. The first-order valence-corrected chi connectivity index (χ1v) is 9.99. The first kappa shape index (κ1) is 18.3. The third-order valence-electron chi connectivity index (χ3n) is 3.99. The minimum absolute atomic E-state index is 0.104. The van der Waals surface area contributed by atoms with Crippen molar-refractivity contribution in [2.24, 2.45) is 0 Å². The number of carbonyl (C=O) groups is 1. The molecule has 7 nitrogen and oxygen atoms in total. The second-order valence-corrected chi connectivity index (χ2v) is 8.17. The Labute approximate surface area is 140 Å². The molecule has 1 saturated heterocycles. The van der Waals surface area contributed by atoms with Gasteiger partial charge in [0, 0.05) is 31.6 Å². The third kappa shape index (κ3) is 4.74. The Bertz CT molecular complexity index is 630. The van der Waals surface area contributed by atoms with Crippen molar-refractivity contribution in [1.29, 1.82) is 0 Å². The molecule has 2 rings (SSSR count). The summed E-state index contributed by atoms with van der Waals surface area (Å²) in [7, 11) is -2.11. The molecular formula is C14H23N3O4S2. The van der Waals surface area contributed by atoms with Gasteiger partial charge in [-0.15, -0.1) is 11.3 Å². The van der Waals surface area contributed by atoms with Crippen molar-refractivity contribution in [3.63, 3.8) is 0 Å². The fourth-order valence-electron chi connectivity index (χ4n) is 2.67. The number of carbonyl (C=O) groups excluding carboxylic acids is 1. The van der Waals surface area contributed by atoms with E-state index in [0.29, 0.717) is 11.4 Å². The van der Waals surface area contributed by atoms with E-state index in [1.54, 1.807) is 0 Å². The number of piperidine rings is 1. The predicted octanol–water partition coefficient (Wildman–Crippen LogP) is 0.233. The smallest absolute Gasteiger partial charge is 0.261 e. The molecule has 1 unspecified atom stereocenters. The average molecular weight is 361 g/mol. The highest BCUT2D eigenvalue weighted by Gasteiger charge is 2.22. The number of sulfonamides is 1. The Morgan fingerprint density at radius 3 is 2.96 bits per heavy atom. The highest BCUT2D eigenvalue weighted by Crippen LogP contribution is 2.19. The van der Waals surface area contributed by atoms with Crippen molar-refractivity contribution in [3.05, 3.63) is 16.3 Å². The van der Waals surface area contributed by atoms with Crippen LogP contribution in [0.3, 0.4) is 0 Å². The minimum atomic E-state index is -3.61. The molecule has 1 amide bonds. The maximum absolute atomic E-state index is 12.2. The van der Waals surface area contributed by atoms with Gasteiger partial charge in [0.05, 0.1) is 16.4 Å². The van der Waals surface area contributed by atoms with E-state index in [4.69, 9.17) is 0 Å². The van der Waals surface area contributed by atoms with Gasteiger partial charge in [0.25, 0.3) is 5.91 Å². The molecule has 0 aliphatic carbocycles. The second-order valence-electron chi connectivity index (χ2n) is 5.49. The Hall–Kier alpha value is -1.00. The lowest BCUT2D eigenvalue weighted by atomic mass is 10.0. The molecule has 1 fully saturated rings. The Kier molecular flexibility index (Phi) is 6.54. The van der Waals surface area contributed by atoms with Crippen molar-refractivity contribution >= 4 is 27.3 Å². The van der Waals surface area contributed by atoms with Gasteiger partial charge < -0.3 is 10.4 Å². The molecule has 2 heterocycles. The Morgan fingerprint density at radius 1 is 1.48 bits per heavy atom. The van der Waals surface area contributed by atoms with Gasteiger partial charge in [0.15, 0.2) is 0 Å². The fraction of sp³-hybridized carbons (Fsp3) is 0.643. The largest absolute Gasteiger partial charge is 0.395 e. The van der Waals surface area contributed by atoms with Crippen LogP contribution in [0.15, 0.2) is 16.3 Å². The van der Waals surface area contributed by atoms with Crippen LogP contribution >= 0.6 is 11.3 Å². The topological polar surface area (TPSA) is 98.7 Å². The maximum atomic E-state index is 12.2. The van der Waals surface area contributed by atoms with E-state index in [2.05, 4.69) is 14.9 Å². The van der Waals surface area contributed by atoms with Gasteiger partial charge in [0.2, 0.25) is 10.0 Å². The lowest BCUT2D eigenvalue weighted by Crippen LogP contribution is -2.45. The van der Waals surface area contributed by atoms with Crippen LogP contribution in [0.5, 0.6) is 0 Å². The fourth-order valence-corrected chi connectivity index (χ4v) is 4.91. The van der Waals surface area contributed by atoms with Crippen LogP contribution in [0.4, 0.5) is 0 Å². The number of rotatable bonds is 7. The number of thiophene rings is 1. The SMILES string of the molecule is CNC(=O)c1cc(S(=O)(=O)NCCN2CCCCC2CO)cs1. The van der Waals surface area contributed by atoms with E-state index < -0.39 is 10.0 Å². The number of likely N-dealkylation sites (tertiary alicyclic amines) is 1. The molecule has 23 heavy (non-hydrogen) atoms. The molecule has 0 bridgehead atoms. The van der Waals surface area contributed by atoms with Crippen molar-refractivity contribution in [3.8, 4) is 0 Å². The zero-order valence-electron chi connectivity index (χ0n) is 13.1. The van der Waals surface area contributed by atoms with E-state index in [1.807, 2.05) is 0 Å². The van der Waals surface area contributed by atoms with Crippen molar-refractivity contribution in [2.75, 3.05) is 33.3 Å². The predicted molar refractivity (Wildman–Crippen MR) is 89.2 cm³/mol. The number of hydrogen-bond acceptors (Lipinski definition) is 6. The van der Waals surface area contributed by atoms with Crippen LogP contribution in [0.25, 0.3) is 0 Å². The lowest BCUT2D eigenvalue weighted by Gasteiger charge is -2.34. The molecule has 1 aliphatic heterocycles. The Balaban J connectivity index is 1.91. The standard InChI is InChI=1S/C14H23N3O4S2/c1-15-14(19)13-8-12(10-22-13)23(20,21)16-5-7-17-6-3-2-4-11(17)9-18/h8,10-11,16,18H,2-7,9H2,1H3,(H,15,19). The molecule has 0 saturated carbocycles. The monoisotopic (exact) mass is 361 g/mol. The molecule has 1 atom stereocenters. The van der Waals surface area contributed by atoms with Gasteiger partial charge in [-0.1, -0.05) is 6.42 Å². The summed E-state index contributed by atoms with van der Waals surface area (Å²) in [6.07, 6.45) is 3.12. The molecule has 130 valence electrons. The molecule has 9 heteroatoms. The van der Waals surface area contributed by atoms with Gasteiger partial charge in [0.1, 0.15) is 0 Å². The summed E-state index contributed by atoms with van der Waals surface area (Å²) in [6.45, 7) is 1.83. The number of aliphatic hydroxyl groups is 1. The number of nitrogens with one attached hydrogen (secondary N) is 2. The summed E-state index contributed by atoms with van der Waals surface area (Å²) in [4.78, 5) is 14.1. The molecule has 3 N–H and O–H groups in total. The highest BCUT2D eigenvalue weighted by molar-refractivity contribution is 7.89. The molecular weight excluding hydrogens is 338 g/mol. The number of aliphatic hydroxyl groups excluding tert-OH is 1. The zero-order chi connectivity index (χ0) is 16.9. The van der Waals surface area contributed by atoms with Gasteiger partial charge in [-0.3, -0.25) is 9.69 Å². The second kappa shape index (κ2) is 8.20.